The predicted octanol–water partition coefficient (Wildman–Crippen LogP) is 2.57. The molecule has 0 unspecified atom stereocenters. The molecule has 1 aromatic rings. The fourth-order valence-corrected chi connectivity index (χ4v) is 1.90. The number of nitrogens with two attached hydrogens (primary N) is 1. The van der Waals surface area contributed by atoms with E-state index in [-0.39, 0.29) is 5.91 Å². The molecule has 0 saturated heterocycles. The van der Waals surface area contributed by atoms with Gasteiger partial charge in [-0.05, 0) is 65.9 Å². The van der Waals surface area contributed by atoms with Crippen LogP contribution in [0.4, 0.5) is 0 Å². The first-order valence-corrected chi connectivity index (χ1v) is 6.93. The van der Waals surface area contributed by atoms with Gasteiger partial charge in [-0.2, -0.15) is 0 Å². The Morgan fingerprint density at radius 2 is 1.88 bits per heavy atom. The lowest BCUT2D eigenvalue weighted by Crippen LogP contribution is -2.13. The topological polar surface area (TPSA) is 55.1 Å². The second kappa shape index (κ2) is 9.41. The van der Waals surface area contributed by atoms with Crippen LogP contribution in [0.15, 0.2) is 18.2 Å². The summed E-state index contributed by atoms with van der Waals surface area (Å²) in [5, 5.41) is 3.11. The van der Waals surface area contributed by atoms with Crippen molar-refractivity contribution in [1.82, 2.24) is 5.32 Å². The normalized spacial score (nSPS) is 9.41. The zero-order chi connectivity index (χ0) is 13.3. The number of benzene rings is 1. The van der Waals surface area contributed by atoms with E-state index in [0.29, 0.717) is 5.56 Å². The molecule has 1 amide bonds. The average Bonchev–Trinajstić information content (AvgIpc) is 2.30. The molecule has 0 aliphatic rings. The third-order valence-electron chi connectivity index (χ3n) is 2.21. The Kier molecular flexibility index (Phi) is 9.07. The maximum Gasteiger partial charge on any atom is 0.248 e. The SMILES string of the molecule is CCNCC.CCc1cc(I)ccc1C(N)=O. The van der Waals surface area contributed by atoms with Crippen molar-refractivity contribution in [2.45, 2.75) is 27.2 Å². The van der Waals surface area contributed by atoms with E-state index in [9.17, 15) is 4.79 Å². The van der Waals surface area contributed by atoms with Gasteiger partial charge < -0.3 is 11.1 Å². The summed E-state index contributed by atoms with van der Waals surface area (Å²) in [7, 11) is 0. The summed E-state index contributed by atoms with van der Waals surface area (Å²) in [6.45, 7) is 8.40. The van der Waals surface area contributed by atoms with Crippen LogP contribution >= 0.6 is 22.6 Å². The highest BCUT2D eigenvalue weighted by molar-refractivity contribution is 14.1. The molecular formula is C13H21IN2O. The van der Waals surface area contributed by atoms with Crippen LogP contribution in [0.2, 0.25) is 0 Å². The van der Waals surface area contributed by atoms with E-state index in [1.807, 2.05) is 19.1 Å². The molecule has 1 rings (SSSR count). The Morgan fingerprint density at radius 1 is 1.29 bits per heavy atom. The van der Waals surface area contributed by atoms with Gasteiger partial charge in [0.2, 0.25) is 5.91 Å². The van der Waals surface area contributed by atoms with Crippen molar-refractivity contribution >= 4 is 28.5 Å². The van der Waals surface area contributed by atoms with Crippen LogP contribution in [0.1, 0.15) is 36.7 Å². The van der Waals surface area contributed by atoms with Gasteiger partial charge in [-0.15, -0.1) is 0 Å². The summed E-state index contributed by atoms with van der Waals surface area (Å²) in [6.07, 6.45) is 0.842. The van der Waals surface area contributed by atoms with E-state index in [1.165, 1.54) is 0 Å². The van der Waals surface area contributed by atoms with Gasteiger partial charge in [0.15, 0.2) is 0 Å². The Bertz CT molecular complexity index is 351. The van der Waals surface area contributed by atoms with Gasteiger partial charge >= 0.3 is 0 Å². The van der Waals surface area contributed by atoms with E-state index in [4.69, 9.17) is 5.73 Å². The Labute approximate surface area is 117 Å². The summed E-state index contributed by atoms with van der Waals surface area (Å²) in [6, 6.07) is 5.66. The Balaban J connectivity index is 0.000000437. The smallest absolute Gasteiger partial charge is 0.248 e. The van der Waals surface area contributed by atoms with Crippen molar-refractivity contribution in [3.05, 3.63) is 32.9 Å². The fourth-order valence-electron chi connectivity index (χ4n) is 1.35. The summed E-state index contributed by atoms with van der Waals surface area (Å²) in [5.41, 5.74) is 6.86. The van der Waals surface area contributed by atoms with Gasteiger partial charge in [-0.25, -0.2) is 0 Å². The maximum atomic E-state index is 10.9. The van der Waals surface area contributed by atoms with Crippen LogP contribution in [0.5, 0.6) is 0 Å². The van der Waals surface area contributed by atoms with Crippen LogP contribution in [-0.2, 0) is 6.42 Å². The van der Waals surface area contributed by atoms with Gasteiger partial charge in [0.25, 0.3) is 0 Å². The van der Waals surface area contributed by atoms with Crippen LogP contribution < -0.4 is 11.1 Å². The van der Waals surface area contributed by atoms with E-state index in [1.54, 1.807) is 6.07 Å². The molecule has 0 aliphatic heterocycles. The molecule has 0 spiro atoms. The fraction of sp³-hybridized carbons (Fsp3) is 0.462. The summed E-state index contributed by atoms with van der Waals surface area (Å²) < 4.78 is 1.13. The molecule has 96 valence electrons. The molecule has 0 aromatic heterocycles. The van der Waals surface area contributed by atoms with Crippen molar-refractivity contribution in [1.29, 1.82) is 0 Å². The number of rotatable bonds is 4. The van der Waals surface area contributed by atoms with Crippen LogP contribution in [0, 0.1) is 3.57 Å². The van der Waals surface area contributed by atoms with Crippen molar-refractivity contribution in [3.63, 3.8) is 0 Å². The summed E-state index contributed by atoms with van der Waals surface area (Å²) in [5.74, 6) is -0.344. The highest BCUT2D eigenvalue weighted by Gasteiger charge is 2.05. The third kappa shape index (κ3) is 6.63. The van der Waals surface area contributed by atoms with Crippen molar-refractivity contribution in [3.8, 4) is 0 Å². The molecule has 4 heteroatoms. The highest BCUT2D eigenvalue weighted by atomic mass is 127. The van der Waals surface area contributed by atoms with E-state index in [2.05, 4.69) is 41.8 Å². The number of carbonyl (C=O) groups excluding carboxylic acids is 1. The molecule has 0 heterocycles. The number of hydrogen-bond donors (Lipinski definition) is 2. The molecule has 0 bridgehead atoms. The number of hydrogen-bond acceptors (Lipinski definition) is 2. The first-order valence-electron chi connectivity index (χ1n) is 5.85. The molecule has 17 heavy (non-hydrogen) atoms. The van der Waals surface area contributed by atoms with Gasteiger partial charge in [-0.1, -0.05) is 20.8 Å². The first-order chi connectivity index (χ1) is 8.06. The summed E-state index contributed by atoms with van der Waals surface area (Å²) in [4.78, 5) is 10.9. The van der Waals surface area contributed by atoms with Gasteiger partial charge in [0.1, 0.15) is 0 Å². The van der Waals surface area contributed by atoms with Gasteiger partial charge in [-0.3, -0.25) is 4.79 Å². The number of amides is 1. The molecule has 0 fully saturated rings. The standard InChI is InChI=1S/C9H10INO.C4H11N/c1-2-6-5-7(10)3-4-8(6)9(11)12;1-3-5-4-2/h3-5H,2H2,1H3,(H2,11,12);5H,3-4H2,1-2H3. The number of aryl methyl sites for hydroxylation is 1. The van der Waals surface area contributed by atoms with E-state index in [0.717, 1.165) is 28.6 Å². The van der Waals surface area contributed by atoms with Crippen molar-refractivity contribution < 1.29 is 4.79 Å². The molecule has 0 radical (unpaired) electrons. The van der Waals surface area contributed by atoms with Crippen LogP contribution in [0.25, 0.3) is 0 Å². The number of nitrogens with one attached hydrogen (secondary N) is 1. The molecule has 0 atom stereocenters. The van der Waals surface area contributed by atoms with E-state index >= 15 is 0 Å². The minimum absolute atomic E-state index is 0.344. The molecule has 1 aromatic carbocycles. The monoisotopic (exact) mass is 348 g/mol. The largest absolute Gasteiger partial charge is 0.366 e. The molecular weight excluding hydrogens is 327 g/mol. The number of carbonyl (C=O) groups is 1. The predicted molar refractivity (Wildman–Crippen MR) is 81.3 cm³/mol. The summed E-state index contributed by atoms with van der Waals surface area (Å²) >= 11 is 2.22. The lowest BCUT2D eigenvalue weighted by molar-refractivity contribution is 0.0999. The Hall–Kier alpha value is -0.620. The third-order valence-corrected chi connectivity index (χ3v) is 2.88. The highest BCUT2D eigenvalue weighted by Crippen LogP contribution is 2.13. The second-order valence-electron chi connectivity index (χ2n) is 3.48. The van der Waals surface area contributed by atoms with E-state index < -0.39 is 0 Å². The van der Waals surface area contributed by atoms with Gasteiger partial charge in [0, 0.05) is 9.13 Å². The minimum atomic E-state index is -0.344. The zero-order valence-electron chi connectivity index (χ0n) is 10.7. The minimum Gasteiger partial charge on any atom is -0.366 e. The van der Waals surface area contributed by atoms with Gasteiger partial charge in [0.05, 0.1) is 0 Å². The molecule has 3 N–H and O–H groups in total. The number of halogens is 1. The molecule has 3 nitrogen and oxygen atoms in total. The first kappa shape index (κ1) is 16.4. The van der Waals surface area contributed by atoms with Crippen molar-refractivity contribution in [2.75, 3.05) is 13.1 Å². The zero-order valence-corrected chi connectivity index (χ0v) is 12.9. The number of primary amides is 1. The Morgan fingerprint density at radius 3 is 2.24 bits per heavy atom. The average molecular weight is 348 g/mol. The van der Waals surface area contributed by atoms with Crippen LogP contribution in [-0.4, -0.2) is 19.0 Å². The van der Waals surface area contributed by atoms with Crippen LogP contribution in [0.3, 0.4) is 0 Å². The molecule has 0 aliphatic carbocycles. The lowest BCUT2D eigenvalue weighted by atomic mass is 10.1. The van der Waals surface area contributed by atoms with Crippen molar-refractivity contribution in [2.24, 2.45) is 5.73 Å². The maximum absolute atomic E-state index is 10.9. The lowest BCUT2D eigenvalue weighted by Gasteiger charge is -2.03. The second-order valence-corrected chi connectivity index (χ2v) is 4.72. The quantitative estimate of drug-likeness (QED) is 0.822. The molecule has 0 saturated carbocycles.